The molecule has 0 saturated carbocycles. The van der Waals surface area contributed by atoms with Gasteiger partial charge >= 0.3 is 0 Å². The number of nitrogens with zero attached hydrogens (tertiary/aromatic N) is 4. The van der Waals surface area contributed by atoms with Crippen LogP contribution in [-0.2, 0) is 14.8 Å². The van der Waals surface area contributed by atoms with Crippen LogP contribution in [0.5, 0.6) is 0 Å². The van der Waals surface area contributed by atoms with Gasteiger partial charge in [-0.3, -0.25) is 0 Å². The van der Waals surface area contributed by atoms with Crippen molar-refractivity contribution < 1.29 is 17.6 Å². The Morgan fingerprint density at radius 2 is 1.91 bits per heavy atom. The number of para-hydroxylation sites is 1. The Hall–Kier alpha value is -2.31. The molecular formula is C21H20N4O4S3. The molecule has 0 amide bonds. The summed E-state index contributed by atoms with van der Waals surface area (Å²) >= 11 is 3.07. The SMILES string of the molecule is C[C@@H](Sc1nnc(-c2cccc(S(=O)(=O)N3CCOCC3)c2)o1)c1nc2ccccc2s1. The molecule has 4 aromatic rings. The van der Waals surface area contributed by atoms with Gasteiger partial charge in [0.05, 0.1) is 33.6 Å². The van der Waals surface area contributed by atoms with E-state index in [-0.39, 0.29) is 16.0 Å². The molecule has 166 valence electrons. The molecule has 2 aromatic heterocycles. The van der Waals surface area contributed by atoms with E-state index in [4.69, 9.17) is 9.15 Å². The van der Waals surface area contributed by atoms with E-state index in [0.29, 0.717) is 37.1 Å². The number of hydrogen-bond acceptors (Lipinski definition) is 9. The molecule has 11 heteroatoms. The molecule has 3 heterocycles. The van der Waals surface area contributed by atoms with E-state index in [9.17, 15) is 8.42 Å². The number of thiazole rings is 1. The fraction of sp³-hybridized carbons (Fsp3) is 0.286. The number of rotatable bonds is 6. The summed E-state index contributed by atoms with van der Waals surface area (Å²) in [6.45, 7) is 3.53. The van der Waals surface area contributed by atoms with Crippen LogP contribution in [0.15, 0.2) is 63.1 Å². The van der Waals surface area contributed by atoms with Crippen LogP contribution in [0.4, 0.5) is 0 Å². The molecule has 0 spiro atoms. The van der Waals surface area contributed by atoms with Crippen molar-refractivity contribution in [3.63, 3.8) is 0 Å². The zero-order valence-electron chi connectivity index (χ0n) is 17.2. The normalized spacial score (nSPS) is 16.4. The monoisotopic (exact) mass is 488 g/mol. The van der Waals surface area contributed by atoms with Crippen LogP contribution in [0.2, 0.25) is 0 Å². The molecule has 2 aromatic carbocycles. The van der Waals surface area contributed by atoms with Gasteiger partial charge in [0.15, 0.2) is 0 Å². The van der Waals surface area contributed by atoms with Gasteiger partial charge in [-0.2, -0.15) is 4.31 Å². The summed E-state index contributed by atoms with van der Waals surface area (Å²) < 4.78 is 39.6. The number of aromatic nitrogens is 3. The van der Waals surface area contributed by atoms with Crippen molar-refractivity contribution in [3.05, 3.63) is 53.5 Å². The molecule has 5 rings (SSSR count). The molecule has 1 aliphatic heterocycles. The first-order chi connectivity index (χ1) is 15.5. The zero-order chi connectivity index (χ0) is 22.1. The van der Waals surface area contributed by atoms with Gasteiger partial charge in [0.2, 0.25) is 15.9 Å². The topological polar surface area (TPSA) is 98.4 Å². The molecule has 1 aliphatic rings. The molecule has 0 unspecified atom stereocenters. The Morgan fingerprint density at radius 3 is 2.72 bits per heavy atom. The van der Waals surface area contributed by atoms with Gasteiger partial charge < -0.3 is 9.15 Å². The Bertz CT molecular complexity index is 1310. The van der Waals surface area contributed by atoms with Gasteiger partial charge in [-0.1, -0.05) is 30.0 Å². The van der Waals surface area contributed by atoms with Gasteiger partial charge in [-0.05, 0) is 37.3 Å². The largest absolute Gasteiger partial charge is 0.411 e. The van der Waals surface area contributed by atoms with E-state index < -0.39 is 10.0 Å². The number of sulfonamides is 1. The number of hydrogen-bond donors (Lipinski definition) is 0. The third-order valence-electron chi connectivity index (χ3n) is 5.03. The van der Waals surface area contributed by atoms with Crippen LogP contribution in [0.25, 0.3) is 21.7 Å². The quantitative estimate of drug-likeness (QED) is 0.372. The summed E-state index contributed by atoms with van der Waals surface area (Å²) in [6, 6.07) is 14.6. The minimum absolute atomic E-state index is 0.0359. The standard InChI is InChI=1S/C21H20N4O4S3/c1-14(20-22-17-7-2-3-8-18(17)31-20)30-21-24-23-19(29-21)15-5-4-6-16(13-15)32(26,27)25-9-11-28-12-10-25/h2-8,13-14H,9-12H2,1H3/t14-/m1/s1. The molecule has 1 atom stereocenters. The van der Waals surface area contributed by atoms with E-state index in [1.165, 1.54) is 16.1 Å². The molecular weight excluding hydrogens is 468 g/mol. The highest BCUT2D eigenvalue weighted by atomic mass is 32.2. The van der Waals surface area contributed by atoms with Crippen LogP contribution in [0, 0.1) is 0 Å². The van der Waals surface area contributed by atoms with Crippen molar-refractivity contribution in [3.8, 4) is 11.5 Å². The van der Waals surface area contributed by atoms with E-state index in [1.54, 1.807) is 35.6 Å². The average Bonchev–Trinajstić information content (AvgIpc) is 3.47. The highest BCUT2D eigenvalue weighted by molar-refractivity contribution is 7.99. The minimum Gasteiger partial charge on any atom is -0.411 e. The predicted molar refractivity (Wildman–Crippen MR) is 123 cm³/mol. The smallest absolute Gasteiger partial charge is 0.277 e. The number of benzene rings is 2. The van der Waals surface area contributed by atoms with Gasteiger partial charge in [0.1, 0.15) is 5.01 Å². The molecule has 1 saturated heterocycles. The molecule has 0 radical (unpaired) electrons. The van der Waals surface area contributed by atoms with Crippen molar-refractivity contribution in [2.45, 2.75) is 22.3 Å². The second kappa shape index (κ2) is 8.91. The summed E-state index contributed by atoms with van der Waals surface area (Å²) in [5.74, 6) is 0.281. The van der Waals surface area contributed by atoms with Crippen LogP contribution in [0.1, 0.15) is 17.2 Å². The van der Waals surface area contributed by atoms with Crippen LogP contribution >= 0.6 is 23.1 Å². The summed E-state index contributed by atoms with van der Waals surface area (Å²) in [4.78, 5) is 4.89. The second-order valence-electron chi connectivity index (χ2n) is 7.20. The second-order valence-corrected chi connectivity index (χ2v) is 11.5. The first-order valence-electron chi connectivity index (χ1n) is 10.0. The lowest BCUT2D eigenvalue weighted by atomic mass is 10.2. The molecule has 1 fully saturated rings. The number of morpholine rings is 1. The van der Waals surface area contributed by atoms with E-state index in [2.05, 4.69) is 21.2 Å². The average molecular weight is 489 g/mol. The van der Waals surface area contributed by atoms with E-state index in [1.807, 2.05) is 25.1 Å². The summed E-state index contributed by atoms with van der Waals surface area (Å²) in [5, 5.41) is 9.70. The van der Waals surface area contributed by atoms with Crippen molar-refractivity contribution in [1.82, 2.24) is 19.5 Å². The summed E-state index contributed by atoms with van der Waals surface area (Å²) in [6.07, 6.45) is 0. The number of thioether (sulfide) groups is 1. The van der Waals surface area contributed by atoms with E-state index >= 15 is 0 Å². The molecule has 0 N–H and O–H groups in total. The first-order valence-corrected chi connectivity index (χ1v) is 13.2. The maximum atomic E-state index is 12.9. The predicted octanol–water partition coefficient (Wildman–Crippen LogP) is 4.22. The zero-order valence-corrected chi connectivity index (χ0v) is 19.6. The van der Waals surface area contributed by atoms with Crippen molar-refractivity contribution >= 4 is 43.3 Å². The summed E-state index contributed by atoms with van der Waals surface area (Å²) in [7, 11) is -3.60. The van der Waals surface area contributed by atoms with Gasteiger partial charge in [-0.25, -0.2) is 13.4 Å². The maximum Gasteiger partial charge on any atom is 0.277 e. The maximum absolute atomic E-state index is 12.9. The Morgan fingerprint density at radius 1 is 1.09 bits per heavy atom. The molecule has 0 aliphatic carbocycles. The van der Waals surface area contributed by atoms with Crippen LogP contribution in [-0.4, -0.2) is 54.2 Å². The Kier molecular flexibility index (Phi) is 5.99. The lowest BCUT2D eigenvalue weighted by Crippen LogP contribution is -2.40. The highest BCUT2D eigenvalue weighted by Crippen LogP contribution is 2.38. The third-order valence-corrected chi connectivity index (χ3v) is 9.24. The van der Waals surface area contributed by atoms with Gasteiger partial charge in [0.25, 0.3) is 5.22 Å². The fourth-order valence-corrected chi connectivity index (χ4v) is 6.68. The molecule has 32 heavy (non-hydrogen) atoms. The van der Waals surface area contributed by atoms with Crippen LogP contribution in [0.3, 0.4) is 0 Å². The highest BCUT2D eigenvalue weighted by Gasteiger charge is 2.27. The van der Waals surface area contributed by atoms with Crippen molar-refractivity contribution in [2.24, 2.45) is 0 Å². The fourth-order valence-electron chi connectivity index (χ4n) is 3.37. The third kappa shape index (κ3) is 4.30. The van der Waals surface area contributed by atoms with Crippen molar-refractivity contribution in [2.75, 3.05) is 26.3 Å². The molecule has 8 nitrogen and oxygen atoms in total. The van der Waals surface area contributed by atoms with E-state index in [0.717, 1.165) is 15.2 Å². The number of fused-ring (bicyclic) bond motifs is 1. The van der Waals surface area contributed by atoms with Gasteiger partial charge in [-0.15, -0.1) is 21.5 Å². The van der Waals surface area contributed by atoms with Crippen molar-refractivity contribution in [1.29, 1.82) is 0 Å². The Balaban J connectivity index is 1.34. The molecule has 0 bridgehead atoms. The minimum atomic E-state index is -3.60. The van der Waals surface area contributed by atoms with Crippen LogP contribution < -0.4 is 0 Å². The summed E-state index contributed by atoms with van der Waals surface area (Å²) in [5.41, 5.74) is 1.54. The first kappa shape index (κ1) is 21.5. The van der Waals surface area contributed by atoms with Gasteiger partial charge in [0, 0.05) is 18.7 Å². The Labute approximate surface area is 193 Å². The number of ether oxygens (including phenoxy) is 1. The lowest BCUT2D eigenvalue weighted by molar-refractivity contribution is 0.0730. The lowest BCUT2D eigenvalue weighted by Gasteiger charge is -2.26.